The molecule has 0 unspecified atom stereocenters. The molecule has 0 radical (unpaired) electrons. The maximum absolute atomic E-state index is 12.0. The highest BCUT2D eigenvalue weighted by atomic mass is 32.2. The van der Waals surface area contributed by atoms with E-state index in [0.29, 0.717) is 23.3 Å². The summed E-state index contributed by atoms with van der Waals surface area (Å²) < 4.78 is 7.91. The van der Waals surface area contributed by atoms with Crippen LogP contribution in [0.5, 0.6) is 5.75 Å². The highest BCUT2D eigenvalue weighted by Gasteiger charge is 2.16. The summed E-state index contributed by atoms with van der Waals surface area (Å²) in [4.78, 5) is 12.0. The van der Waals surface area contributed by atoms with Gasteiger partial charge in [0.15, 0.2) is 11.0 Å². The molecule has 0 fully saturated rings. The molecule has 0 saturated heterocycles. The Balaban J connectivity index is 1.79. The van der Waals surface area contributed by atoms with Crippen LogP contribution in [-0.2, 0) is 11.4 Å². The molecule has 1 aromatic heterocycles. The molecule has 146 valence electrons. The summed E-state index contributed by atoms with van der Waals surface area (Å²) in [6.45, 7) is 5.00. The number of thioether (sulfide) groups is 1. The van der Waals surface area contributed by atoms with E-state index < -0.39 is 0 Å². The zero-order valence-electron chi connectivity index (χ0n) is 16.1. The van der Waals surface area contributed by atoms with Crippen LogP contribution < -0.4 is 10.1 Å². The molecule has 1 amide bonds. The predicted molar refractivity (Wildman–Crippen MR) is 111 cm³/mol. The first-order valence-corrected chi connectivity index (χ1v) is 10.2. The first kappa shape index (κ1) is 19.9. The van der Waals surface area contributed by atoms with Crippen LogP contribution in [-0.4, -0.2) is 33.0 Å². The number of carbonyl (C=O) groups excluding carboxylic acids is 1. The number of aryl methyl sites for hydroxylation is 1. The lowest BCUT2D eigenvalue weighted by Crippen LogP contribution is -2.25. The van der Waals surface area contributed by atoms with Crippen molar-refractivity contribution in [2.45, 2.75) is 32.0 Å². The zero-order valence-corrected chi connectivity index (χ0v) is 16.9. The van der Waals surface area contributed by atoms with Crippen molar-refractivity contribution in [1.82, 2.24) is 20.1 Å². The quantitative estimate of drug-likeness (QED) is 0.558. The molecular weight excluding hydrogens is 372 g/mol. The van der Waals surface area contributed by atoms with E-state index in [1.165, 1.54) is 11.8 Å². The minimum absolute atomic E-state index is 0.00725. The van der Waals surface area contributed by atoms with Crippen LogP contribution in [0.15, 0.2) is 59.8 Å². The third-order valence-electron chi connectivity index (χ3n) is 4.07. The van der Waals surface area contributed by atoms with Crippen LogP contribution in [0.25, 0.3) is 5.69 Å². The second-order valence-corrected chi connectivity index (χ2v) is 7.21. The third kappa shape index (κ3) is 5.13. The molecule has 3 rings (SSSR count). The van der Waals surface area contributed by atoms with Gasteiger partial charge in [-0.1, -0.05) is 55.1 Å². The van der Waals surface area contributed by atoms with E-state index in [1.807, 2.05) is 73.0 Å². The molecule has 0 bridgehead atoms. The SMILES string of the molecule is CCCNC(=O)CSc1nnc(COc2ccccc2C)n1-c1ccccc1. The lowest BCUT2D eigenvalue weighted by atomic mass is 10.2. The van der Waals surface area contributed by atoms with E-state index in [2.05, 4.69) is 15.5 Å². The maximum atomic E-state index is 12.0. The number of carbonyl (C=O) groups is 1. The smallest absolute Gasteiger partial charge is 0.230 e. The summed E-state index contributed by atoms with van der Waals surface area (Å²) in [5.41, 5.74) is 2.00. The van der Waals surface area contributed by atoms with E-state index in [1.54, 1.807) is 0 Å². The Kier molecular flexibility index (Phi) is 7.08. The zero-order chi connectivity index (χ0) is 19.8. The van der Waals surface area contributed by atoms with Gasteiger partial charge in [-0.3, -0.25) is 9.36 Å². The Hall–Kier alpha value is -2.80. The number of hydrogen-bond donors (Lipinski definition) is 1. The van der Waals surface area contributed by atoms with E-state index in [-0.39, 0.29) is 12.5 Å². The number of para-hydroxylation sites is 2. The van der Waals surface area contributed by atoms with Gasteiger partial charge in [0.05, 0.1) is 5.75 Å². The van der Waals surface area contributed by atoms with Crippen LogP contribution in [0.2, 0.25) is 0 Å². The van der Waals surface area contributed by atoms with Crippen molar-refractivity contribution in [3.63, 3.8) is 0 Å². The Bertz CT molecular complexity index is 912. The second-order valence-electron chi connectivity index (χ2n) is 6.26. The number of benzene rings is 2. The molecule has 2 aromatic carbocycles. The van der Waals surface area contributed by atoms with Gasteiger partial charge >= 0.3 is 0 Å². The van der Waals surface area contributed by atoms with E-state index in [4.69, 9.17) is 4.74 Å². The topological polar surface area (TPSA) is 69.0 Å². The van der Waals surface area contributed by atoms with E-state index in [0.717, 1.165) is 23.4 Å². The largest absolute Gasteiger partial charge is 0.485 e. The number of amides is 1. The molecule has 0 aliphatic rings. The molecular formula is C21H24N4O2S. The summed E-state index contributed by atoms with van der Waals surface area (Å²) in [7, 11) is 0. The van der Waals surface area contributed by atoms with Crippen LogP contribution in [0.1, 0.15) is 24.7 Å². The van der Waals surface area contributed by atoms with Gasteiger partial charge in [-0.25, -0.2) is 0 Å². The van der Waals surface area contributed by atoms with E-state index >= 15 is 0 Å². The lowest BCUT2D eigenvalue weighted by molar-refractivity contribution is -0.118. The number of nitrogens with zero attached hydrogens (tertiary/aromatic N) is 3. The van der Waals surface area contributed by atoms with Crippen molar-refractivity contribution in [2.24, 2.45) is 0 Å². The standard InChI is InChI=1S/C21H24N4O2S/c1-3-13-22-20(26)15-28-21-24-23-19(25(21)17-10-5-4-6-11-17)14-27-18-12-8-7-9-16(18)2/h4-12H,3,13-15H2,1-2H3,(H,22,26). The average Bonchev–Trinajstić information content (AvgIpc) is 3.13. The van der Waals surface area contributed by atoms with Crippen molar-refractivity contribution in [3.8, 4) is 11.4 Å². The average molecular weight is 397 g/mol. The van der Waals surface area contributed by atoms with Crippen molar-refractivity contribution >= 4 is 17.7 Å². The van der Waals surface area contributed by atoms with Gasteiger partial charge in [-0.2, -0.15) is 0 Å². The van der Waals surface area contributed by atoms with Gasteiger partial charge in [-0.15, -0.1) is 10.2 Å². The van der Waals surface area contributed by atoms with Gasteiger partial charge in [0.25, 0.3) is 0 Å². The van der Waals surface area contributed by atoms with Crippen LogP contribution >= 0.6 is 11.8 Å². The van der Waals surface area contributed by atoms with E-state index in [9.17, 15) is 4.79 Å². The lowest BCUT2D eigenvalue weighted by Gasteiger charge is -2.12. The molecule has 1 N–H and O–H groups in total. The Morgan fingerprint density at radius 3 is 2.61 bits per heavy atom. The molecule has 0 aliphatic heterocycles. The summed E-state index contributed by atoms with van der Waals surface area (Å²) in [6, 6.07) is 17.7. The van der Waals surface area contributed by atoms with Gasteiger partial charge < -0.3 is 10.1 Å². The maximum Gasteiger partial charge on any atom is 0.230 e. The Morgan fingerprint density at radius 1 is 1.11 bits per heavy atom. The molecule has 28 heavy (non-hydrogen) atoms. The fraction of sp³-hybridized carbons (Fsp3) is 0.286. The molecule has 0 aliphatic carbocycles. The Labute approximate surface area is 169 Å². The minimum atomic E-state index is -0.00725. The van der Waals surface area contributed by atoms with Gasteiger partial charge in [0.2, 0.25) is 5.91 Å². The summed E-state index contributed by atoms with van der Waals surface area (Å²) >= 11 is 1.37. The molecule has 6 nitrogen and oxygen atoms in total. The normalized spacial score (nSPS) is 10.6. The third-order valence-corrected chi connectivity index (χ3v) is 5.00. The fourth-order valence-corrected chi connectivity index (χ4v) is 3.43. The highest BCUT2D eigenvalue weighted by Crippen LogP contribution is 2.24. The summed E-state index contributed by atoms with van der Waals surface area (Å²) in [5, 5.41) is 12.2. The minimum Gasteiger partial charge on any atom is -0.485 e. The van der Waals surface area contributed by atoms with Crippen LogP contribution in [0.3, 0.4) is 0 Å². The van der Waals surface area contributed by atoms with Gasteiger partial charge in [-0.05, 0) is 37.1 Å². The fourth-order valence-electron chi connectivity index (χ4n) is 2.63. The number of rotatable bonds is 9. The molecule has 0 saturated carbocycles. The molecule has 3 aromatic rings. The number of hydrogen-bond acceptors (Lipinski definition) is 5. The van der Waals surface area contributed by atoms with Crippen molar-refractivity contribution < 1.29 is 9.53 Å². The molecule has 7 heteroatoms. The van der Waals surface area contributed by atoms with Crippen molar-refractivity contribution in [1.29, 1.82) is 0 Å². The molecule has 0 spiro atoms. The van der Waals surface area contributed by atoms with Gasteiger partial charge in [0.1, 0.15) is 12.4 Å². The number of nitrogens with one attached hydrogen (secondary N) is 1. The monoisotopic (exact) mass is 396 g/mol. The number of aromatic nitrogens is 3. The summed E-state index contributed by atoms with van der Waals surface area (Å²) in [6.07, 6.45) is 0.914. The Morgan fingerprint density at radius 2 is 1.86 bits per heavy atom. The second kappa shape index (κ2) is 9.94. The molecule has 1 heterocycles. The van der Waals surface area contributed by atoms with Gasteiger partial charge in [0, 0.05) is 12.2 Å². The van der Waals surface area contributed by atoms with Crippen molar-refractivity contribution in [3.05, 3.63) is 66.0 Å². The van der Waals surface area contributed by atoms with Crippen LogP contribution in [0, 0.1) is 6.92 Å². The molecule has 0 atom stereocenters. The summed E-state index contributed by atoms with van der Waals surface area (Å²) in [5.74, 6) is 1.79. The first-order valence-electron chi connectivity index (χ1n) is 9.26. The predicted octanol–water partition coefficient (Wildman–Crippen LogP) is 3.77. The number of ether oxygens (including phenoxy) is 1. The van der Waals surface area contributed by atoms with Crippen molar-refractivity contribution in [2.75, 3.05) is 12.3 Å². The first-order chi connectivity index (χ1) is 13.7. The van der Waals surface area contributed by atoms with Crippen LogP contribution in [0.4, 0.5) is 0 Å². The highest BCUT2D eigenvalue weighted by molar-refractivity contribution is 7.99.